The number of fused-ring (bicyclic) bond motifs is 4. The van der Waals surface area contributed by atoms with Crippen molar-refractivity contribution in [3.05, 3.63) is 95.1 Å². The largest absolute Gasteiger partial charge is 0.370 e. The second-order valence-electron chi connectivity index (χ2n) is 9.22. The summed E-state index contributed by atoms with van der Waals surface area (Å²) in [5.41, 5.74) is 7.04. The second kappa shape index (κ2) is 6.98. The molecule has 0 saturated carbocycles. The fraction of sp³-hybridized carbons (Fsp3) is 0.250. The van der Waals surface area contributed by atoms with Crippen LogP contribution in [-0.4, -0.2) is 12.8 Å². The Balaban J connectivity index is 1.57. The number of carbonyl (C=O) groups excluding carboxylic acids is 1. The highest BCUT2D eigenvalue weighted by molar-refractivity contribution is 6.16. The van der Waals surface area contributed by atoms with E-state index in [1.54, 1.807) is 0 Å². The van der Waals surface area contributed by atoms with Crippen molar-refractivity contribution in [2.45, 2.75) is 33.2 Å². The number of anilines is 1. The number of hydrogen-bond acceptors (Lipinski definition) is 2. The minimum absolute atomic E-state index is 0.0520. The molecule has 30 heavy (non-hydrogen) atoms. The van der Waals surface area contributed by atoms with Gasteiger partial charge in [-0.2, -0.15) is 0 Å². The molecule has 2 aliphatic carbocycles. The molecule has 0 N–H and O–H groups in total. The summed E-state index contributed by atoms with van der Waals surface area (Å²) in [6, 6.07) is 21.3. The minimum atomic E-state index is 0.0520. The smallest absolute Gasteiger partial charge is 0.168 e. The third-order valence-electron chi connectivity index (χ3n) is 6.67. The lowest BCUT2D eigenvalue weighted by atomic mass is 9.68. The zero-order valence-electron chi connectivity index (χ0n) is 17.9. The highest BCUT2D eigenvalue weighted by Gasteiger charge is 2.34. The maximum Gasteiger partial charge on any atom is 0.168 e. The Bertz CT molecular complexity index is 1210. The van der Waals surface area contributed by atoms with Gasteiger partial charge in [0.05, 0.1) is 0 Å². The van der Waals surface area contributed by atoms with Crippen LogP contribution >= 0.6 is 0 Å². The number of benzene rings is 3. The summed E-state index contributed by atoms with van der Waals surface area (Å²) >= 11 is 0. The third-order valence-corrected chi connectivity index (χ3v) is 6.67. The number of allylic oxidation sites excluding steroid dienone is 4. The Hall–Kier alpha value is -3.13. The number of rotatable bonds is 3. The van der Waals surface area contributed by atoms with Crippen molar-refractivity contribution >= 4 is 27.8 Å². The van der Waals surface area contributed by atoms with Gasteiger partial charge in [-0.1, -0.05) is 74.5 Å². The van der Waals surface area contributed by atoms with Crippen molar-refractivity contribution < 1.29 is 4.79 Å². The molecule has 0 spiro atoms. The molecular weight excluding hydrogens is 366 g/mol. The lowest BCUT2D eigenvalue weighted by Gasteiger charge is -2.35. The van der Waals surface area contributed by atoms with Gasteiger partial charge in [-0.15, -0.1) is 0 Å². The molecule has 0 heterocycles. The van der Waals surface area contributed by atoms with E-state index >= 15 is 0 Å². The van der Waals surface area contributed by atoms with Crippen LogP contribution in [0.25, 0.3) is 16.3 Å². The highest BCUT2D eigenvalue weighted by atomic mass is 16.1. The van der Waals surface area contributed by atoms with Crippen molar-refractivity contribution in [3.8, 4) is 0 Å². The van der Waals surface area contributed by atoms with Gasteiger partial charge < -0.3 is 4.90 Å². The number of Topliss-reactive ketones (excluding diaryl/α,β-unsaturated/α-hetero) is 1. The van der Waals surface area contributed by atoms with Gasteiger partial charge in [0.15, 0.2) is 5.78 Å². The van der Waals surface area contributed by atoms with E-state index in [0.29, 0.717) is 6.42 Å². The van der Waals surface area contributed by atoms with Gasteiger partial charge in [-0.05, 0) is 57.0 Å². The topological polar surface area (TPSA) is 20.3 Å². The van der Waals surface area contributed by atoms with Crippen LogP contribution in [0.3, 0.4) is 0 Å². The average molecular weight is 394 g/mol. The van der Waals surface area contributed by atoms with Gasteiger partial charge in [0.1, 0.15) is 0 Å². The highest BCUT2D eigenvalue weighted by Crippen LogP contribution is 2.47. The van der Waals surface area contributed by atoms with Gasteiger partial charge >= 0.3 is 0 Å². The molecule has 5 rings (SSSR count). The Morgan fingerprint density at radius 1 is 1.00 bits per heavy atom. The summed E-state index contributed by atoms with van der Waals surface area (Å²) in [5, 5.41) is 2.19. The molecule has 0 bridgehead atoms. The monoisotopic (exact) mass is 393 g/mol. The molecule has 2 aliphatic rings. The quantitative estimate of drug-likeness (QED) is 0.487. The zero-order chi connectivity index (χ0) is 20.9. The van der Waals surface area contributed by atoms with E-state index < -0.39 is 0 Å². The molecule has 0 unspecified atom stereocenters. The van der Waals surface area contributed by atoms with Crippen LogP contribution in [0.15, 0.2) is 78.4 Å². The Labute approximate surface area is 178 Å². The van der Waals surface area contributed by atoms with Crippen molar-refractivity contribution in [1.29, 1.82) is 0 Å². The zero-order valence-corrected chi connectivity index (χ0v) is 17.9. The van der Waals surface area contributed by atoms with Crippen LogP contribution in [0, 0.1) is 5.41 Å². The van der Waals surface area contributed by atoms with Crippen LogP contribution in [0.1, 0.15) is 48.2 Å². The van der Waals surface area contributed by atoms with E-state index in [0.717, 1.165) is 40.6 Å². The third kappa shape index (κ3) is 3.08. The fourth-order valence-corrected chi connectivity index (χ4v) is 4.92. The summed E-state index contributed by atoms with van der Waals surface area (Å²) in [7, 11) is 2.11. The van der Waals surface area contributed by atoms with Crippen molar-refractivity contribution in [2.75, 3.05) is 11.9 Å². The molecule has 150 valence electrons. The maximum absolute atomic E-state index is 13.2. The molecule has 2 heteroatoms. The molecule has 0 aliphatic heterocycles. The van der Waals surface area contributed by atoms with E-state index in [1.807, 2.05) is 6.07 Å². The minimum Gasteiger partial charge on any atom is -0.370 e. The van der Waals surface area contributed by atoms with Gasteiger partial charge in [-0.3, -0.25) is 4.79 Å². The number of hydrogen-bond donors (Lipinski definition) is 0. The lowest BCUT2D eigenvalue weighted by Crippen LogP contribution is -2.24. The number of nitrogens with zero attached hydrogens (tertiary/aromatic N) is 1. The summed E-state index contributed by atoms with van der Waals surface area (Å²) < 4.78 is 0. The van der Waals surface area contributed by atoms with Crippen molar-refractivity contribution in [2.24, 2.45) is 5.41 Å². The predicted octanol–water partition coefficient (Wildman–Crippen LogP) is 6.80. The van der Waals surface area contributed by atoms with Crippen LogP contribution in [0.2, 0.25) is 0 Å². The van der Waals surface area contributed by atoms with E-state index in [9.17, 15) is 4.79 Å². The van der Waals surface area contributed by atoms with Crippen molar-refractivity contribution in [1.82, 2.24) is 0 Å². The standard InChI is InChI=1S/C28H27NO/c1-28(2)15-7-10-23-24-13-11-20-16-21(29(3)18-19-8-5-4-6-9-19)12-14-22(20)27(24)26(30)17-25(23)28/h4-14,16H,15,17-18H2,1-3H3. The van der Waals surface area contributed by atoms with Gasteiger partial charge in [0, 0.05) is 31.3 Å². The van der Waals surface area contributed by atoms with E-state index in [2.05, 4.69) is 92.5 Å². The first kappa shape index (κ1) is 18.9. The summed E-state index contributed by atoms with van der Waals surface area (Å²) in [4.78, 5) is 15.5. The first-order valence-corrected chi connectivity index (χ1v) is 10.7. The molecule has 3 aromatic rings. The summed E-state index contributed by atoms with van der Waals surface area (Å²) in [5.74, 6) is 0.253. The van der Waals surface area contributed by atoms with Crippen LogP contribution in [0.4, 0.5) is 5.69 Å². The Kier molecular flexibility index (Phi) is 4.39. The SMILES string of the molecule is CN(Cc1ccccc1)c1ccc2c3c(ccc2c1)C1=C(CC3=O)C(C)(C)CC=C1. The fourth-order valence-electron chi connectivity index (χ4n) is 4.92. The molecule has 0 fully saturated rings. The van der Waals surface area contributed by atoms with Crippen LogP contribution < -0.4 is 4.90 Å². The average Bonchev–Trinajstić information content (AvgIpc) is 2.74. The summed E-state index contributed by atoms with van der Waals surface area (Å²) in [6.45, 7) is 5.35. The molecule has 3 aromatic carbocycles. The van der Waals surface area contributed by atoms with Crippen LogP contribution in [-0.2, 0) is 6.54 Å². The molecule has 0 radical (unpaired) electrons. The summed E-state index contributed by atoms with van der Waals surface area (Å²) in [6.07, 6.45) is 6.01. The molecular formula is C28H27NO. The maximum atomic E-state index is 13.2. The number of ketones is 1. The molecule has 0 aromatic heterocycles. The molecule has 2 nitrogen and oxygen atoms in total. The molecule has 0 amide bonds. The first-order chi connectivity index (χ1) is 14.4. The van der Waals surface area contributed by atoms with Crippen molar-refractivity contribution in [3.63, 3.8) is 0 Å². The predicted molar refractivity (Wildman–Crippen MR) is 126 cm³/mol. The second-order valence-corrected chi connectivity index (χ2v) is 9.22. The van der Waals surface area contributed by atoms with Crippen LogP contribution in [0.5, 0.6) is 0 Å². The lowest BCUT2D eigenvalue weighted by molar-refractivity contribution is 0.0985. The van der Waals surface area contributed by atoms with E-state index in [-0.39, 0.29) is 11.2 Å². The molecule has 0 atom stereocenters. The van der Waals surface area contributed by atoms with E-state index in [1.165, 1.54) is 16.7 Å². The van der Waals surface area contributed by atoms with Gasteiger partial charge in [-0.25, -0.2) is 0 Å². The van der Waals surface area contributed by atoms with E-state index in [4.69, 9.17) is 0 Å². The van der Waals surface area contributed by atoms with Gasteiger partial charge in [0.2, 0.25) is 0 Å². The molecule has 0 saturated heterocycles. The first-order valence-electron chi connectivity index (χ1n) is 10.7. The Morgan fingerprint density at radius 3 is 2.60 bits per heavy atom. The Morgan fingerprint density at radius 2 is 1.80 bits per heavy atom. The normalized spacial score (nSPS) is 17.1. The van der Waals surface area contributed by atoms with Gasteiger partial charge in [0.25, 0.3) is 0 Å². The number of carbonyl (C=O) groups is 1.